The van der Waals surface area contributed by atoms with E-state index in [0.717, 1.165) is 12.8 Å². The van der Waals surface area contributed by atoms with Crippen molar-refractivity contribution in [3.63, 3.8) is 0 Å². The number of rotatable bonds is 2. The molecule has 0 atom stereocenters. The highest BCUT2D eigenvalue weighted by atomic mass is 32.1. The van der Waals surface area contributed by atoms with Crippen LogP contribution in [-0.4, -0.2) is 0 Å². The SMILES string of the molecule is CCC(=[C-]S)CC. The molecule has 0 saturated heterocycles. The maximum atomic E-state index is 3.89. The standard InChI is InChI=1S/C6H11S/c1-3-6(4-2)5-7/h7H,3-4H2,1-2H3/q-1. The third kappa shape index (κ3) is 2.75. The lowest BCUT2D eigenvalue weighted by atomic mass is 10.2. The predicted octanol–water partition coefficient (Wildman–Crippen LogP) is 2.42. The molecular formula is C6H11S-. The van der Waals surface area contributed by atoms with Crippen LogP contribution in [-0.2, 0) is 0 Å². The Morgan fingerprint density at radius 3 is 1.86 bits per heavy atom. The first-order valence-corrected chi connectivity index (χ1v) is 3.04. The quantitative estimate of drug-likeness (QED) is 0.414. The molecule has 0 aromatic rings. The molecule has 0 nitrogen and oxygen atoms in total. The van der Waals surface area contributed by atoms with Crippen molar-refractivity contribution < 1.29 is 0 Å². The summed E-state index contributed by atoms with van der Waals surface area (Å²) in [6.07, 6.45) is 2.17. The van der Waals surface area contributed by atoms with Gasteiger partial charge in [0.05, 0.1) is 0 Å². The highest BCUT2D eigenvalue weighted by Crippen LogP contribution is 2.04. The molecule has 0 fully saturated rings. The minimum Gasteiger partial charge on any atom is -0.437 e. The summed E-state index contributed by atoms with van der Waals surface area (Å²) in [6, 6.07) is 0. The van der Waals surface area contributed by atoms with Gasteiger partial charge in [-0.15, -0.1) is 0 Å². The van der Waals surface area contributed by atoms with Crippen molar-refractivity contribution in [1.29, 1.82) is 0 Å². The molecule has 0 aromatic carbocycles. The van der Waals surface area contributed by atoms with E-state index in [2.05, 4.69) is 31.9 Å². The molecule has 42 valence electrons. The van der Waals surface area contributed by atoms with Crippen LogP contribution in [0.4, 0.5) is 0 Å². The second-order valence-electron chi connectivity index (χ2n) is 1.42. The van der Waals surface area contributed by atoms with Gasteiger partial charge in [0.25, 0.3) is 0 Å². The van der Waals surface area contributed by atoms with Gasteiger partial charge in [-0.3, -0.25) is 0 Å². The van der Waals surface area contributed by atoms with E-state index in [4.69, 9.17) is 0 Å². The van der Waals surface area contributed by atoms with Crippen LogP contribution in [0.2, 0.25) is 0 Å². The van der Waals surface area contributed by atoms with Gasteiger partial charge in [0.1, 0.15) is 0 Å². The third-order valence-electron chi connectivity index (χ3n) is 1.01. The first kappa shape index (κ1) is 7.09. The van der Waals surface area contributed by atoms with Gasteiger partial charge in [0.2, 0.25) is 0 Å². The fraction of sp³-hybridized carbons (Fsp3) is 0.667. The largest absolute Gasteiger partial charge is 0.437 e. The van der Waals surface area contributed by atoms with E-state index >= 15 is 0 Å². The minimum absolute atomic E-state index is 1.08. The van der Waals surface area contributed by atoms with Gasteiger partial charge in [-0.25, -0.2) is 5.57 Å². The Kier molecular flexibility index (Phi) is 4.31. The minimum atomic E-state index is 1.08. The Balaban J connectivity index is 3.38. The van der Waals surface area contributed by atoms with Gasteiger partial charge >= 0.3 is 0 Å². The summed E-state index contributed by atoms with van der Waals surface area (Å²) >= 11 is 3.89. The van der Waals surface area contributed by atoms with Crippen LogP contribution < -0.4 is 0 Å². The van der Waals surface area contributed by atoms with E-state index in [9.17, 15) is 0 Å². The average molecular weight is 115 g/mol. The lowest BCUT2D eigenvalue weighted by molar-refractivity contribution is 0.978. The molecule has 0 aliphatic heterocycles. The Morgan fingerprint density at radius 2 is 1.86 bits per heavy atom. The Hall–Kier alpha value is 0.0900. The van der Waals surface area contributed by atoms with Crippen molar-refractivity contribution >= 4 is 12.6 Å². The van der Waals surface area contributed by atoms with Crippen molar-refractivity contribution in [1.82, 2.24) is 0 Å². The Morgan fingerprint density at radius 1 is 1.43 bits per heavy atom. The van der Waals surface area contributed by atoms with Gasteiger partial charge in [-0.2, -0.15) is 0 Å². The number of thiol groups is 1. The van der Waals surface area contributed by atoms with Crippen LogP contribution in [0.15, 0.2) is 5.57 Å². The second kappa shape index (κ2) is 4.25. The summed E-state index contributed by atoms with van der Waals surface area (Å²) in [5, 5.41) is 2.81. The Labute approximate surface area is 51.0 Å². The summed E-state index contributed by atoms with van der Waals surface area (Å²) in [7, 11) is 0. The summed E-state index contributed by atoms with van der Waals surface area (Å²) in [5.74, 6) is 0. The van der Waals surface area contributed by atoms with E-state index in [1.54, 1.807) is 0 Å². The molecule has 7 heavy (non-hydrogen) atoms. The van der Waals surface area contributed by atoms with E-state index in [0.29, 0.717) is 0 Å². The molecule has 0 aromatic heterocycles. The average Bonchev–Trinajstić information content (AvgIpc) is 1.72. The van der Waals surface area contributed by atoms with Crippen molar-refractivity contribution in [3.05, 3.63) is 11.0 Å². The smallest absolute Gasteiger partial charge is 0.0643 e. The lowest BCUT2D eigenvalue weighted by Crippen LogP contribution is -1.72. The van der Waals surface area contributed by atoms with Crippen LogP contribution in [0.1, 0.15) is 26.7 Å². The summed E-state index contributed by atoms with van der Waals surface area (Å²) in [5.41, 5.74) is 1.29. The van der Waals surface area contributed by atoms with E-state index in [-0.39, 0.29) is 0 Å². The topological polar surface area (TPSA) is 0 Å². The maximum Gasteiger partial charge on any atom is -0.0643 e. The first-order chi connectivity index (χ1) is 3.35. The molecule has 0 amide bonds. The normalized spacial score (nSPS) is 8.43. The van der Waals surface area contributed by atoms with Gasteiger partial charge < -0.3 is 18.0 Å². The highest BCUT2D eigenvalue weighted by Gasteiger charge is 1.71. The van der Waals surface area contributed by atoms with Crippen molar-refractivity contribution in [3.8, 4) is 0 Å². The fourth-order valence-corrected chi connectivity index (χ4v) is 0.724. The molecule has 0 unspecified atom stereocenters. The molecule has 0 saturated carbocycles. The molecule has 0 rings (SSSR count). The molecule has 0 bridgehead atoms. The predicted molar refractivity (Wildman–Crippen MR) is 36.3 cm³/mol. The zero-order valence-corrected chi connectivity index (χ0v) is 5.76. The summed E-state index contributed by atoms with van der Waals surface area (Å²) in [6.45, 7) is 4.23. The van der Waals surface area contributed by atoms with Gasteiger partial charge in [0, 0.05) is 0 Å². The third-order valence-corrected chi connectivity index (χ3v) is 1.33. The van der Waals surface area contributed by atoms with Crippen molar-refractivity contribution in [2.75, 3.05) is 0 Å². The van der Waals surface area contributed by atoms with E-state index < -0.39 is 0 Å². The lowest BCUT2D eigenvalue weighted by Gasteiger charge is -2.06. The monoisotopic (exact) mass is 115 g/mol. The highest BCUT2D eigenvalue weighted by molar-refractivity contribution is 7.82. The summed E-state index contributed by atoms with van der Waals surface area (Å²) in [4.78, 5) is 0. The molecule has 0 heterocycles. The molecule has 0 N–H and O–H groups in total. The number of allylic oxidation sites excluding steroid dienone is 1. The fourth-order valence-electron chi connectivity index (χ4n) is 0.408. The molecule has 0 aliphatic rings. The summed E-state index contributed by atoms with van der Waals surface area (Å²) < 4.78 is 0. The van der Waals surface area contributed by atoms with Crippen molar-refractivity contribution in [2.24, 2.45) is 0 Å². The molecule has 0 aliphatic carbocycles. The number of hydrogen-bond donors (Lipinski definition) is 1. The molecular weight excluding hydrogens is 104 g/mol. The van der Waals surface area contributed by atoms with Crippen LogP contribution in [0.5, 0.6) is 0 Å². The van der Waals surface area contributed by atoms with Crippen LogP contribution >= 0.6 is 12.6 Å². The van der Waals surface area contributed by atoms with Gasteiger partial charge in [0.15, 0.2) is 0 Å². The van der Waals surface area contributed by atoms with Crippen LogP contribution in [0, 0.1) is 5.41 Å². The van der Waals surface area contributed by atoms with E-state index in [1.165, 1.54) is 5.57 Å². The number of hydrogen-bond acceptors (Lipinski definition) is 1. The van der Waals surface area contributed by atoms with Gasteiger partial charge in [-0.1, -0.05) is 26.7 Å². The van der Waals surface area contributed by atoms with Gasteiger partial charge in [-0.05, 0) is 0 Å². The first-order valence-electron chi connectivity index (χ1n) is 2.59. The zero-order valence-electron chi connectivity index (χ0n) is 4.86. The van der Waals surface area contributed by atoms with Crippen LogP contribution in [0.3, 0.4) is 0 Å². The second-order valence-corrected chi connectivity index (χ2v) is 1.65. The maximum absolute atomic E-state index is 3.89. The molecule has 1 heteroatoms. The van der Waals surface area contributed by atoms with E-state index in [1.807, 2.05) is 0 Å². The zero-order chi connectivity index (χ0) is 5.70. The molecule has 0 radical (unpaired) electrons. The Bertz CT molecular complexity index is 58.6. The molecule has 0 spiro atoms. The van der Waals surface area contributed by atoms with Crippen LogP contribution in [0.25, 0.3) is 0 Å². The van der Waals surface area contributed by atoms with Crippen molar-refractivity contribution in [2.45, 2.75) is 26.7 Å².